The van der Waals surface area contributed by atoms with Gasteiger partial charge in [-0.3, -0.25) is 9.36 Å². The Kier molecular flexibility index (Phi) is 5.25. The molecule has 0 bridgehead atoms. The summed E-state index contributed by atoms with van der Waals surface area (Å²) < 4.78 is 33.4. The Balaban J connectivity index is 1.45. The van der Waals surface area contributed by atoms with Crippen molar-refractivity contribution in [3.63, 3.8) is 0 Å². The number of nitrogens with zero attached hydrogens (tertiary/aromatic N) is 2. The summed E-state index contributed by atoms with van der Waals surface area (Å²) in [6.45, 7) is 1.20. The average molecular weight is 415 g/mol. The Morgan fingerprint density at radius 1 is 1.07 bits per heavy atom. The summed E-state index contributed by atoms with van der Waals surface area (Å²) in [5, 5.41) is 2.71. The molecule has 0 aliphatic carbocycles. The quantitative estimate of drug-likeness (QED) is 0.666. The third-order valence-corrected chi connectivity index (χ3v) is 6.85. The third kappa shape index (κ3) is 3.96. The summed E-state index contributed by atoms with van der Waals surface area (Å²) in [4.78, 5) is 24.5. The normalized spacial score (nSPS) is 15.0. The van der Waals surface area contributed by atoms with Crippen molar-refractivity contribution in [2.24, 2.45) is 0 Å². The predicted octanol–water partition coefficient (Wildman–Crippen LogP) is 2.41. The first-order valence-corrected chi connectivity index (χ1v) is 10.9. The van der Waals surface area contributed by atoms with Crippen LogP contribution in [0.15, 0.2) is 62.6 Å². The van der Waals surface area contributed by atoms with Gasteiger partial charge in [-0.25, -0.2) is 13.2 Å². The van der Waals surface area contributed by atoms with E-state index in [0.717, 1.165) is 12.8 Å². The lowest BCUT2D eigenvalue weighted by Gasteiger charge is -2.16. The van der Waals surface area contributed by atoms with Gasteiger partial charge in [0, 0.05) is 31.7 Å². The maximum Gasteiger partial charge on any atom is 0.419 e. The molecule has 1 aliphatic heterocycles. The molecule has 2 heterocycles. The zero-order valence-electron chi connectivity index (χ0n) is 15.7. The van der Waals surface area contributed by atoms with Crippen LogP contribution in [0.2, 0.25) is 0 Å². The number of sulfonamides is 1. The Morgan fingerprint density at radius 2 is 1.83 bits per heavy atom. The van der Waals surface area contributed by atoms with Crippen molar-refractivity contribution in [2.45, 2.75) is 30.7 Å². The lowest BCUT2D eigenvalue weighted by molar-refractivity contribution is -0.116. The predicted molar refractivity (Wildman–Crippen MR) is 108 cm³/mol. The van der Waals surface area contributed by atoms with Crippen LogP contribution in [0.25, 0.3) is 11.1 Å². The van der Waals surface area contributed by atoms with E-state index in [4.69, 9.17) is 4.42 Å². The number of para-hydroxylation sites is 2. The summed E-state index contributed by atoms with van der Waals surface area (Å²) in [5.74, 6) is -0.837. The number of fused-ring (bicyclic) bond motifs is 1. The largest absolute Gasteiger partial charge is 0.419 e. The van der Waals surface area contributed by atoms with Gasteiger partial charge in [-0.05, 0) is 43.2 Å². The number of aryl methyl sites for hydroxylation is 1. The highest BCUT2D eigenvalue weighted by Gasteiger charge is 2.27. The van der Waals surface area contributed by atoms with Gasteiger partial charge in [0.25, 0.3) is 0 Å². The minimum atomic E-state index is -3.55. The molecule has 0 radical (unpaired) electrons. The van der Waals surface area contributed by atoms with E-state index in [1.807, 2.05) is 0 Å². The fourth-order valence-electron chi connectivity index (χ4n) is 3.47. The first-order valence-electron chi connectivity index (χ1n) is 9.43. The lowest BCUT2D eigenvalue weighted by Crippen LogP contribution is -2.28. The number of amides is 1. The van der Waals surface area contributed by atoms with E-state index in [0.29, 0.717) is 29.9 Å². The van der Waals surface area contributed by atoms with Crippen molar-refractivity contribution < 1.29 is 17.6 Å². The lowest BCUT2D eigenvalue weighted by atomic mass is 10.3. The molecule has 4 rings (SSSR count). The topological polar surface area (TPSA) is 102 Å². The second-order valence-corrected chi connectivity index (χ2v) is 8.86. The van der Waals surface area contributed by atoms with Crippen LogP contribution >= 0.6 is 0 Å². The van der Waals surface area contributed by atoms with Gasteiger partial charge >= 0.3 is 5.76 Å². The first-order chi connectivity index (χ1) is 13.9. The molecule has 29 heavy (non-hydrogen) atoms. The number of benzene rings is 2. The van der Waals surface area contributed by atoms with Gasteiger partial charge in [0.15, 0.2) is 5.58 Å². The van der Waals surface area contributed by atoms with E-state index >= 15 is 0 Å². The molecule has 8 nitrogen and oxygen atoms in total. The summed E-state index contributed by atoms with van der Waals surface area (Å²) >= 11 is 0. The Labute approximate surface area is 167 Å². The van der Waals surface area contributed by atoms with Crippen LogP contribution in [0.4, 0.5) is 5.69 Å². The molecule has 3 aromatic rings. The number of hydrogen-bond acceptors (Lipinski definition) is 5. The molecule has 0 spiro atoms. The summed E-state index contributed by atoms with van der Waals surface area (Å²) in [7, 11) is -3.55. The Bertz CT molecular complexity index is 1210. The highest BCUT2D eigenvalue weighted by molar-refractivity contribution is 7.89. The van der Waals surface area contributed by atoms with Crippen LogP contribution in [0.5, 0.6) is 0 Å². The fraction of sp³-hybridized carbons (Fsp3) is 0.300. The molecular formula is C20H21N3O5S. The molecule has 152 valence electrons. The van der Waals surface area contributed by atoms with Gasteiger partial charge in [-0.1, -0.05) is 18.2 Å². The molecule has 1 aliphatic rings. The SMILES string of the molecule is O=C(CCn1c(=O)oc2ccccc21)Nc1cccc(S(=O)(=O)N2CCCC2)c1. The van der Waals surface area contributed by atoms with Crippen LogP contribution in [-0.2, 0) is 21.4 Å². The number of rotatable bonds is 6. The van der Waals surface area contributed by atoms with Gasteiger partial charge in [-0.15, -0.1) is 0 Å². The number of aromatic nitrogens is 1. The third-order valence-electron chi connectivity index (χ3n) is 4.96. The van der Waals surface area contributed by atoms with E-state index in [-0.39, 0.29) is 23.8 Å². The number of oxazole rings is 1. The van der Waals surface area contributed by atoms with Crippen molar-refractivity contribution in [1.82, 2.24) is 8.87 Å². The van der Waals surface area contributed by atoms with Crippen molar-refractivity contribution >= 4 is 32.7 Å². The van der Waals surface area contributed by atoms with Crippen molar-refractivity contribution in [3.8, 4) is 0 Å². The van der Waals surface area contributed by atoms with Crippen molar-refractivity contribution in [2.75, 3.05) is 18.4 Å². The summed E-state index contributed by atoms with van der Waals surface area (Å²) in [6.07, 6.45) is 1.77. The number of hydrogen-bond donors (Lipinski definition) is 1. The van der Waals surface area contributed by atoms with E-state index in [9.17, 15) is 18.0 Å². The van der Waals surface area contributed by atoms with Crippen LogP contribution in [0, 0.1) is 0 Å². The molecule has 1 N–H and O–H groups in total. The van der Waals surface area contributed by atoms with Crippen molar-refractivity contribution in [1.29, 1.82) is 0 Å². The highest BCUT2D eigenvalue weighted by Crippen LogP contribution is 2.23. The zero-order chi connectivity index (χ0) is 20.4. The van der Waals surface area contributed by atoms with E-state index in [2.05, 4.69) is 5.32 Å². The molecule has 0 saturated carbocycles. The molecule has 1 aromatic heterocycles. The second-order valence-electron chi connectivity index (χ2n) is 6.92. The number of carbonyl (C=O) groups excluding carboxylic acids is 1. The highest BCUT2D eigenvalue weighted by atomic mass is 32.2. The second kappa shape index (κ2) is 7.84. The number of nitrogens with one attached hydrogen (secondary N) is 1. The first kappa shape index (κ1) is 19.4. The van der Waals surface area contributed by atoms with Crippen LogP contribution < -0.4 is 11.1 Å². The molecule has 0 unspecified atom stereocenters. The van der Waals surface area contributed by atoms with Gasteiger partial charge in [0.1, 0.15) is 0 Å². The van der Waals surface area contributed by atoms with Crippen molar-refractivity contribution in [3.05, 3.63) is 59.1 Å². The molecule has 0 atom stereocenters. The van der Waals surface area contributed by atoms with Crippen LogP contribution in [0.3, 0.4) is 0 Å². The molecule has 9 heteroatoms. The Hall–Kier alpha value is -2.91. The maximum absolute atomic E-state index is 12.7. The van der Waals surface area contributed by atoms with E-state index < -0.39 is 15.8 Å². The Morgan fingerprint density at radius 3 is 2.62 bits per heavy atom. The molecule has 1 fully saturated rings. The van der Waals surface area contributed by atoms with Crippen LogP contribution in [0.1, 0.15) is 19.3 Å². The summed E-state index contributed by atoms with van der Waals surface area (Å²) in [5.41, 5.74) is 1.50. The minimum Gasteiger partial charge on any atom is -0.408 e. The smallest absolute Gasteiger partial charge is 0.408 e. The van der Waals surface area contributed by atoms with Gasteiger partial charge < -0.3 is 9.73 Å². The fourth-order valence-corrected chi connectivity index (χ4v) is 5.04. The van der Waals surface area contributed by atoms with Gasteiger partial charge in [-0.2, -0.15) is 4.31 Å². The van der Waals surface area contributed by atoms with E-state index in [1.165, 1.54) is 21.0 Å². The van der Waals surface area contributed by atoms with Gasteiger partial charge in [0.05, 0.1) is 10.4 Å². The monoisotopic (exact) mass is 415 g/mol. The number of carbonyl (C=O) groups is 1. The van der Waals surface area contributed by atoms with Gasteiger partial charge in [0.2, 0.25) is 15.9 Å². The molecule has 2 aromatic carbocycles. The molecule has 1 saturated heterocycles. The standard InChI is InChI=1S/C20H21N3O5S/c24-19(10-13-23-17-8-1-2-9-18(17)28-20(23)25)21-15-6-5-7-16(14-15)29(26,27)22-11-3-4-12-22/h1-2,5-9,14H,3-4,10-13H2,(H,21,24). The number of anilines is 1. The molecular weight excluding hydrogens is 394 g/mol. The van der Waals surface area contributed by atoms with Crippen LogP contribution in [-0.4, -0.2) is 36.3 Å². The minimum absolute atomic E-state index is 0.0482. The van der Waals surface area contributed by atoms with E-state index in [1.54, 1.807) is 36.4 Å². The average Bonchev–Trinajstić information content (AvgIpc) is 3.35. The maximum atomic E-state index is 12.7. The zero-order valence-corrected chi connectivity index (χ0v) is 16.5. The molecule has 1 amide bonds. The summed E-state index contributed by atoms with van der Waals surface area (Å²) in [6, 6.07) is 13.2.